The van der Waals surface area contributed by atoms with Crippen molar-refractivity contribution in [2.45, 2.75) is 173 Å². The van der Waals surface area contributed by atoms with Crippen molar-refractivity contribution < 1.29 is 23.9 Å². The van der Waals surface area contributed by atoms with Crippen LogP contribution in [0.4, 0.5) is 0 Å². The molecule has 220 valence electrons. The Morgan fingerprint density at radius 1 is 0.486 bits per heavy atom. The lowest BCUT2D eigenvalue weighted by molar-refractivity contribution is -0.138. The van der Waals surface area contributed by atoms with E-state index in [-0.39, 0.29) is 0 Å². The van der Waals surface area contributed by atoms with Gasteiger partial charge in [-0.3, -0.25) is 9.59 Å². The van der Waals surface area contributed by atoms with E-state index in [9.17, 15) is 9.59 Å². The number of hydrogen-bond donors (Lipinski definition) is 2. The molecule has 5 nitrogen and oxygen atoms in total. The summed E-state index contributed by atoms with van der Waals surface area (Å²) >= 11 is 0. The molecule has 8 heteroatoms. The summed E-state index contributed by atoms with van der Waals surface area (Å²) in [6, 6.07) is 2.70. The molecule has 0 aromatic heterocycles. The van der Waals surface area contributed by atoms with E-state index in [4.69, 9.17) is 14.3 Å². The lowest BCUT2D eigenvalue weighted by Crippen LogP contribution is -2.49. The summed E-state index contributed by atoms with van der Waals surface area (Å²) in [4.78, 5) is 21.1. The quantitative estimate of drug-likeness (QED) is 0.0793. The minimum absolute atomic E-state index is 0.318. The van der Waals surface area contributed by atoms with Gasteiger partial charge in [0.2, 0.25) is 0 Å². The van der Waals surface area contributed by atoms with Crippen LogP contribution in [0.1, 0.15) is 116 Å². The second-order valence-corrected chi connectivity index (χ2v) is 28.0. The fourth-order valence-electron chi connectivity index (χ4n) is 5.90. The van der Waals surface area contributed by atoms with Crippen LogP contribution in [0.15, 0.2) is 0 Å². The molecule has 0 rings (SSSR count). The van der Waals surface area contributed by atoms with Gasteiger partial charge in [0.15, 0.2) is 16.6 Å². The van der Waals surface area contributed by atoms with Gasteiger partial charge < -0.3 is 14.3 Å². The zero-order valence-corrected chi connectivity index (χ0v) is 28.5. The maximum absolute atomic E-state index is 10.5. The first-order valence-electron chi connectivity index (χ1n) is 15.4. The molecule has 0 unspecified atom stereocenters. The van der Waals surface area contributed by atoms with Crippen LogP contribution < -0.4 is 0 Å². The predicted molar refractivity (Wildman–Crippen MR) is 166 cm³/mol. The van der Waals surface area contributed by atoms with E-state index < -0.39 is 36.6 Å². The number of hydrogen-bond acceptors (Lipinski definition) is 3. The van der Waals surface area contributed by atoms with Crippen LogP contribution in [0, 0.1) is 0 Å². The van der Waals surface area contributed by atoms with Crippen LogP contribution in [0.5, 0.6) is 0 Å². The number of carboxylic acids is 2. The first-order chi connectivity index (χ1) is 17.2. The highest BCUT2D eigenvalue weighted by Gasteiger charge is 2.37. The van der Waals surface area contributed by atoms with Gasteiger partial charge >= 0.3 is 11.9 Å². The Morgan fingerprint density at radius 3 is 1.19 bits per heavy atom. The SMILES string of the molecule is C[Si](C)(CCCCCCCCCCC(=O)O)C[Si](C)(C)O[Si](C)(C)CCCCCCCCCCC(=O)O. The number of carboxylic acid groups (broad SMARTS) is 2. The van der Waals surface area contributed by atoms with Gasteiger partial charge in [-0.25, -0.2) is 0 Å². The monoisotopic (exact) mass is 574 g/mol. The van der Waals surface area contributed by atoms with E-state index in [1.165, 1.54) is 94.8 Å². The Balaban J connectivity index is 3.96. The minimum Gasteiger partial charge on any atom is -0.481 e. The molecule has 0 aromatic rings. The second-order valence-electron chi connectivity index (χ2n) is 13.4. The topological polar surface area (TPSA) is 83.8 Å². The summed E-state index contributed by atoms with van der Waals surface area (Å²) in [7, 11) is -4.48. The van der Waals surface area contributed by atoms with Gasteiger partial charge in [0.1, 0.15) is 0 Å². The Bertz CT molecular complexity index is 558. The van der Waals surface area contributed by atoms with E-state index in [1.54, 1.807) is 0 Å². The van der Waals surface area contributed by atoms with Crippen molar-refractivity contribution >= 4 is 36.6 Å². The lowest BCUT2D eigenvalue weighted by atomic mass is 10.1. The van der Waals surface area contributed by atoms with Gasteiger partial charge in [0, 0.05) is 20.9 Å². The molecule has 0 saturated carbocycles. The Kier molecular flexibility index (Phi) is 20.2. The van der Waals surface area contributed by atoms with Crippen LogP contribution in [0.25, 0.3) is 0 Å². The molecule has 2 N–H and O–H groups in total. The number of unbranched alkanes of at least 4 members (excludes halogenated alkanes) is 14. The normalized spacial score (nSPS) is 12.7. The summed E-state index contributed by atoms with van der Waals surface area (Å²) in [5.74, 6) is -1.34. The maximum Gasteiger partial charge on any atom is 0.303 e. The molecule has 0 spiro atoms. The highest BCUT2D eigenvalue weighted by atomic mass is 28.4. The predicted octanol–water partition coefficient (Wildman–Crippen LogP) is 9.85. The average Bonchev–Trinajstić information content (AvgIpc) is 2.74. The fourth-order valence-corrected chi connectivity index (χ4v) is 25.5. The Morgan fingerprint density at radius 2 is 0.811 bits per heavy atom. The third-order valence-corrected chi connectivity index (χ3v) is 22.3. The van der Waals surface area contributed by atoms with Crippen molar-refractivity contribution in [2.24, 2.45) is 0 Å². The van der Waals surface area contributed by atoms with Gasteiger partial charge in [-0.2, -0.15) is 0 Å². The molecule has 0 bridgehead atoms. The van der Waals surface area contributed by atoms with Crippen molar-refractivity contribution in [1.29, 1.82) is 0 Å². The lowest BCUT2D eigenvalue weighted by Gasteiger charge is -2.38. The molecule has 37 heavy (non-hydrogen) atoms. The minimum atomic E-state index is -1.64. The zero-order chi connectivity index (χ0) is 28.2. The summed E-state index contributed by atoms with van der Waals surface area (Å²) in [6.45, 7) is 14.9. The fraction of sp³-hybridized carbons (Fsp3) is 0.931. The van der Waals surface area contributed by atoms with Crippen LogP contribution in [-0.4, -0.2) is 46.9 Å². The standard InChI is InChI=1S/C29H62O5Si3/c1-35(2,25-21-17-13-9-7-11-15-19-23-28(30)31)27-37(5,6)34-36(3,4)26-22-18-14-10-8-12-16-20-24-29(32)33/h7-27H2,1-6H3,(H,30,31)(H,32,33). The smallest absolute Gasteiger partial charge is 0.303 e. The van der Waals surface area contributed by atoms with Gasteiger partial charge in [0.05, 0.1) is 0 Å². The van der Waals surface area contributed by atoms with E-state index in [0.29, 0.717) is 12.8 Å². The third-order valence-electron chi connectivity index (χ3n) is 7.37. The highest BCUT2D eigenvalue weighted by molar-refractivity contribution is 6.96. The molecule has 0 aromatic carbocycles. The van der Waals surface area contributed by atoms with E-state index in [1.807, 2.05) is 0 Å². The molecular formula is C29H62O5Si3. The third kappa shape index (κ3) is 25.6. The maximum atomic E-state index is 10.5. The first-order valence-corrected chi connectivity index (χ1v) is 25.0. The van der Waals surface area contributed by atoms with Crippen molar-refractivity contribution in [3.8, 4) is 0 Å². The molecule has 0 aliphatic carbocycles. The van der Waals surface area contributed by atoms with Crippen LogP contribution in [-0.2, 0) is 13.7 Å². The van der Waals surface area contributed by atoms with Crippen LogP contribution >= 0.6 is 0 Å². The Hall–Kier alpha value is -0.449. The summed E-state index contributed by atoms with van der Waals surface area (Å²) < 4.78 is 6.99. The van der Waals surface area contributed by atoms with Gasteiger partial charge in [-0.05, 0) is 50.7 Å². The van der Waals surface area contributed by atoms with Gasteiger partial charge in [-0.15, -0.1) is 0 Å². The summed E-state index contributed by atoms with van der Waals surface area (Å²) in [5.41, 5.74) is 1.38. The van der Waals surface area contributed by atoms with Crippen LogP contribution in [0.2, 0.25) is 57.0 Å². The second kappa shape index (κ2) is 20.5. The number of rotatable bonds is 26. The van der Waals surface area contributed by atoms with Gasteiger partial charge in [0.25, 0.3) is 0 Å². The largest absolute Gasteiger partial charge is 0.481 e. The Labute approximate surface area is 232 Å². The molecule has 0 aliphatic rings. The molecule has 0 fully saturated rings. The molecule has 0 atom stereocenters. The molecular weight excluding hydrogens is 513 g/mol. The van der Waals surface area contributed by atoms with E-state index >= 15 is 0 Å². The molecule has 0 aliphatic heterocycles. The van der Waals surface area contributed by atoms with Crippen LogP contribution in [0.3, 0.4) is 0 Å². The molecule has 0 amide bonds. The van der Waals surface area contributed by atoms with E-state index in [2.05, 4.69) is 39.3 Å². The zero-order valence-electron chi connectivity index (χ0n) is 25.5. The average molecular weight is 575 g/mol. The number of aliphatic carboxylic acids is 2. The van der Waals surface area contributed by atoms with Crippen molar-refractivity contribution in [2.75, 3.05) is 0 Å². The molecule has 0 heterocycles. The van der Waals surface area contributed by atoms with Crippen molar-refractivity contribution in [3.63, 3.8) is 0 Å². The number of carbonyl (C=O) groups is 2. The summed E-state index contributed by atoms with van der Waals surface area (Å²) in [5, 5.41) is 17.4. The van der Waals surface area contributed by atoms with Gasteiger partial charge in [-0.1, -0.05) is 109 Å². The first kappa shape index (κ1) is 36.6. The van der Waals surface area contributed by atoms with Crippen molar-refractivity contribution in [3.05, 3.63) is 0 Å². The van der Waals surface area contributed by atoms with E-state index in [0.717, 1.165) is 25.7 Å². The molecule has 0 saturated heterocycles. The van der Waals surface area contributed by atoms with Crippen molar-refractivity contribution in [1.82, 2.24) is 0 Å². The highest BCUT2D eigenvalue weighted by Crippen LogP contribution is 2.30. The summed E-state index contributed by atoms with van der Waals surface area (Å²) in [6.07, 6.45) is 19.8. The molecule has 0 radical (unpaired) electrons.